The zero-order chi connectivity index (χ0) is 12.7. The fourth-order valence-electron chi connectivity index (χ4n) is 1.73. The molecule has 0 radical (unpaired) electrons. The molecule has 1 atom stereocenters. The molecule has 1 N–H and O–H groups in total. The summed E-state index contributed by atoms with van der Waals surface area (Å²) in [4.78, 5) is 0. The number of hydrogen-bond acceptors (Lipinski definition) is 2. The van der Waals surface area contributed by atoms with Crippen LogP contribution in [0.25, 0.3) is 0 Å². The summed E-state index contributed by atoms with van der Waals surface area (Å²) < 4.78 is 5.80. The van der Waals surface area contributed by atoms with E-state index in [-0.39, 0.29) is 5.41 Å². The van der Waals surface area contributed by atoms with Crippen molar-refractivity contribution in [2.75, 3.05) is 13.2 Å². The molecule has 0 aliphatic heterocycles. The van der Waals surface area contributed by atoms with Crippen LogP contribution in [0.3, 0.4) is 0 Å². The Bertz CT molecular complexity index is 302. The fraction of sp³-hybridized carbons (Fsp3) is 0.600. The monoisotopic (exact) mass is 235 g/mol. The van der Waals surface area contributed by atoms with Crippen LogP contribution in [-0.2, 0) is 11.3 Å². The molecule has 1 aromatic carbocycles. The maximum atomic E-state index is 5.80. The second-order valence-corrected chi connectivity index (χ2v) is 5.48. The molecular formula is C15H25NO. The van der Waals surface area contributed by atoms with Gasteiger partial charge in [-0.05, 0) is 17.5 Å². The maximum Gasteiger partial charge on any atom is 0.0717 e. The summed E-state index contributed by atoms with van der Waals surface area (Å²) in [5, 5.41) is 3.48. The van der Waals surface area contributed by atoms with E-state index in [1.165, 1.54) is 5.56 Å². The van der Waals surface area contributed by atoms with Crippen molar-refractivity contribution in [1.29, 1.82) is 0 Å². The summed E-state index contributed by atoms with van der Waals surface area (Å²) in [5.41, 5.74) is 1.46. The molecule has 0 aliphatic rings. The van der Waals surface area contributed by atoms with Gasteiger partial charge in [0.25, 0.3) is 0 Å². The molecule has 2 nitrogen and oxygen atoms in total. The summed E-state index contributed by atoms with van der Waals surface area (Å²) in [6.07, 6.45) is 0. The van der Waals surface area contributed by atoms with Crippen molar-refractivity contribution in [2.24, 2.45) is 5.41 Å². The second-order valence-electron chi connectivity index (χ2n) is 5.48. The van der Waals surface area contributed by atoms with Crippen LogP contribution in [0.4, 0.5) is 0 Å². The van der Waals surface area contributed by atoms with Crippen molar-refractivity contribution in [3.8, 4) is 0 Å². The quantitative estimate of drug-likeness (QED) is 0.817. The Labute approximate surface area is 105 Å². The van der Waals surface area contributed by atoms with Gasteiger partial charge in [0.2, 0.25) is 0 Å². The van der Waals surface area contributed by atoms with Crippen molar-refractivity contribution in [1.82, 2.24) is 5.32 Å². The predicted octanol–water partition coefficient (Wildman–Crippen LogP) is 3.23. The second kappa shape index (κ2) is 6.77. The zero-order valence-electron chi connectivity index (χ0n) is 11.5. The van der Waals surface area contributed by atoms with Crippen LogP contribution in [0.1, 0.15) is 33.3 Å². The third kappa shape index (κ3) is 5.33. The summed E-state index contributed by atoms with van der Waals surface area (Å²) >= 11 is 0. The molecule has 1 rings (SSSR count). The molecule has 0 saturated heterocycles. The first-order valence-electron chi connectivity index (χ1n) is 6.39. The lowest BCUT2D eigenvalue weighted by molar-refractivity contribution is 0.0659. The minimum Gasteiger partial charge on any atom is -0.375 e. The van der Waals surface area contributed by atoms with Crippen molar-refractivity contribution < 1.29 is 4.74 Å². The largest absolute Gasteiger partial charge is 0.375 e. The highest BCUT2D eigenvalue weighted by Gasteiger charge is 2.23. The third-order valence-corrected chi connectivity index (χ3v) is 2.89. The topological polar surface area (TPSA) is 21.3 Å². The van der Waals surface area contributed by atoms with E-state index < -0.39 is 0 Å². The average Bonchev–Trinajstić information content (AvgIpc) is 2.28. The Morgan fingerprint density at radius 2 is 1.82 bits per heavy atom. The van der Waals surface area contributed by atoms with E-state index in [1.54, 1.807) is 0 Å². The van der Waals surface area contributed by atoms with E-state index in [1.807, 2.05) is 18.2 Å². The van der Waals surface area contributed by atoms with Gasteiger partial charge in [0.1, 0.15) is 0 Å². The van der Waals surface area contributed by atoms with Crippen LogP contribution in [0.15, 0.2) is 30.3 Å². The van der Waals surface area contributed by atoms with E-state index in [0.717, 1.165) is 13.2 Å². The molecule has 1 aromatic rings. The molecule has 0 fully saturated rings. The van der Waals surface area contributed by atoms with Gasteiger partial charge in [0.15, 0.2) is 0 Å². The summed E-state index contributed by atoms with van der Waals surface area (Å²) in [6.45, 7) is 11.3. The Kier molecular flexibility index (Phi) is 5.66. The Balaban J connectivity index is 2.37. The number of likely N-dealkylation sites (N-methyl/N-ethyl adjacent to an activating group) is 1. The smallest absolute Gasteiger partial charge is 0.0717 e. The van der Waals surface area contributed by atoms with E-state index in [9.17, 15) is 0 Å². The van der Waals surface area contributed by atoms with Gasteiger partial charge >= 0.3 is 0 Å². The van der Waals surface area contributed by atoms with Gasteiger partial charge in [-0.15, -0.1) is 0 Å². The van der Waals surface area contributed by atoms with Gasteiger partial charge in [-0.1, -0.05) is 58.0 Å². The first-order valence-corrected chi connectivity index (χ1v) is 6.39. The zero-order valence-corrected chi connectivity index (χ0v) is 11.5. The molecule has 0 spiro atoms. The van der Waals surface area contributed by atoms with Crippen LogP contribution < -0.4 is 5.32 Å². The first kappa shape index (κ1) is 14.2. The van der Waals surface area contributed by atoms with Crippen molar-refractivity contribution >= 4 is 0 Å². The normalized spacial score (nSPS) is 13.6. The number of hydrogen-bond donors (Lipinski definition) is 1. The minimum atomic E-state index is 0.229. The molecule has 0 heterocycles. The highest BCUT2D eigenvalue weighted by Crippen LogP contribution is 2.19. The molecule has 2 heteroatoms. The van der Waals surface area contributed by atoms with Crippen LogP contribution >= 0.6 is 0 Å². The molecule has 0 saturated carbocycles. The minimum absolute atomic E-state index is 0.229. The third-order valence-electron chi connectivity index (χ3n) is 2.89. The average molecular weight is 235 g/mol. The van der Waals surface area contributed by atoms with Gasteiger partial charge < -0.3 is 10.1 Å². The maximum absolute atomic E-state index is 5.80. The predicted molar refractivity (Wildman–Crippen MR) is 73.0 cm³/mol. The van der Waals surface area contributed by atoms with E-state index in [2.05, 4.69) is 45.1 Å². The molecule has 1 unspecified atom stereocenters. The molecule has 0 bridgehead atoms. The Morgan fingerprint density at radius 3 is 2.35 bits per heavy atom. The van der Waals surface area contributed by atoms with Gasteiger partial charge in [0, 0.05) is 6.04 Å². The lowest BCUT2D eigenvalue weighted by atomic mass is 9.87. The molecule has 96 valence electrons. The standard InChI is InChI=1S/C15H25NO/c1-5-16-14(15(2,3)4)12-17-11-13-9-7-6-8-10-13/h6-10,14,16H,5,11-12H2,1-4H3. The lowest BCUT2D eigenvalue weighted by Crippen LogP contribution is -2.43. The summed E-state index contributed by atoms with van der Waals surface area (Å²) in [6, 6.07) is 10.7. The van der Waals surface area contributed by atoms with Gasteiger partial charge in [-0.3, -0.25) is 0 Å². The van der Waals surface area contributed by atoms with E-state index in [0.29, 0.717) is 12.6 Å². The summed E-state index contributed by atoms with van der Waals surface area (Å²) in [7, 11) is 0. The van der Waals surface area contributed by atoms with Gasteiger partial charge in [0.05, 0.1) is 13.2 Å². The lowest BCUT2D eigenvalue weighted by Gasteiger charge is -2.31. The molecular weight excluding hydrogens is 210 g/mol. The number of ether oxygens (including phenoxy) is 1. The van der Waals surface area contributed by atoms with Crippen LogP contribution in [-0.4, -0.2) is 19.2 Å². The number of nitrogens with one attached hydrogen (secondary N) is 1. The van der Waals surface area contributed by atoms with Crippen molar-refractivity contribution in [3.05, 3.63) is 35.9 Å². The van der Waals surface area contributed by atoms with E-state index in [4.69, 9.17) is 4.74 Å². The fourth-order valence-corrected chi connectivity index (χ4v) is 1.73. The molecule has 0 aromatic heterocycles. The Morgan fingerprint density at radius 1 is 1.18 bits per heavy atom. The highest BCUT2D eigenvalue weighted by atomic mass is 16.5. The molecule has 0 amide bonds. The van der Waals surface area contributed by atoms with E-state index >= 15 is 0 Å². The SMILES string of the molecule is CCNC(COCc1ccccc1)C(C)(C)C. The number of benzene rings is 1. The highest BCUT2D eigenvalue weighted by molar-refractivity contribution is 5.13. The van der Waals surface area contributed by atoms with Gasteiger partial charge in [-0.2, -0.15) is 0 Å². The summed E-state index contributed by atoms with van der Waals surface area (Å²) in [5.74, 6) is 0. The van der Waals surface area contributed by atoms with Crippen LogP contribution in [0.2, 0.25) is 0 Å². The Hall–Kier alpha value is -0.860. The van der Waals surface area contributed by atoms with Crippen molar-refractivity contribution in [2.45, 2.75) is 40.3 Å². The van der Waals surface area contributed by atoms with Crippen molar-refractivity contribution in [3.63, 3.8) is 0 Å². The molecule has 17 heavy (non-hydrogen) atoms. The van der Waals surface area contributed by atoms with Gasteiger partial charge in [-0.25, -0.2) is 0 Å². The first-order chi connectivity index (χ1) is 8.04. The van der Waals surface area contributed by atoms with Crippen LogP contribution in [0.5, 0.6) is 0 Å². The molecule has 0 aliphatic carbocycles. The number of rotatable bonds is 6. The van der Waals surface area contributed by atoms with Crippen LogP contribution in [0, 0.1) is 5.41 Å².